The van der Waals surface area contributed by atoms with Gasteiger partial charge in [-0.05, 0) is 31.7 Å². The van der Waals surface area contributed by atoms with Gasteiger partial charge in [-0.15, -0.1) is 0 Å². The van der Waals surface area contributed by atoms with Crippen LogP contribution in [0.1, 0.15) is 54.2 Å². The summed E-state index contributed by atoms with van der Waals surface area (Å²) in [6.45, 7) is 5.15. The molecular weight excluding hydrogens is 330 g/mol. The Kier molecular flexibility index (Phi) is 4.80. The number of aromatic nitrogens is 4. The van der Waals surface area contributed by atoms with Gasteiger partial charge in [0.05, 0.1) is 12.6 Å². The van der Waals surface area contributed by atoms with Crippen LogP contribution in [0.4, 0.5) is 0 Å². The van der Waals surface area contributed by atoms with Crippen LogP contribution in [0.2, 0.25) is 0 Å². The monoisotopic (exact) mass is 357 g/mol. The van der Waals surface area contributed by atoms with E-state index in [9.17, 15) is 4.79 Å². The van der Waals surface area contributed by atoms with Gasteiger partial charge >= 0.3 is 0 Å². The van der Waals surface area contributed by atoms with Crippen LogP contribution in [0.25, 0.3) is 0 Å². The minimum atomic E-state index is -0.0456. The van der Waals surface area contributed by atoms with Crippen LogP contribution in [0.5, 0.6) is 0 Å². The number of ether oxygens (including phenoxy) is 1. The molecule has 1 atom stereocenters. The number of aryl methyl sites for hydroxylation is 1. The highest BCUT2D eigenvalue weighted by Gasteiger charge is 2.31. The lowest BCUT2D eigenvalue weighted by atomic mass is 9.86. The lowest BCUT2D eigenvalue weighted by Crippen LogP contribution is -2.42. The Bertz CT molecular complexity index is 777. The van der Waals surface area contributed by atoms with Gasteiger partial charge in [-0.1, -0.05) is 6.42 Å². The summed E-state index contributed by atoms with van der Waals surface area (Å²) in [7, 11) is 1.80. The number of imidazole rings is 1. The van der Waals surface area contributed by atoms with Gasteiger partial charge in [-0.25, -0.2) is 4.98 Å². The number of carbonyl (C=O) groups is 1. The normalized spacial score (nSPS) is 20.1. The highest BCUT2D eigenvalue weighted by molar-refractivity contribution is 5.92. The lowest BCUT2D eigenvalue weighted by Gasteiger charge is -2.34. The molecule has 1 saturated carbocycles. The van der Waals surface area contributed by atoms with Gasteiger partial charge in [0, 0.05) is 51.3 Å². The fourth-order valence-electron chi connectivity index (χ4n) is 3.85. The highest BCUT2D eigenvalue weighted by Crippen LogP contribution is 2.28. The summed E-state index contributed by atoms with van der Waals surface area (Å²) in [5.41, 5.74) is 1.81. The first kappa shape index (κ1) is 17.3. The average molecular weight is 357 g/mol. The molecule has 0 spiro atoms. The number of nitrogens with zero attached hydrogens (tertiary/aromatic N) is 5. The molecule has 0 radical (unpaired) electrons. The summed E-state index contributed by atoms with van der Waals surface area (Å²) in [5.74, 6) is 1.75. The molecule has 4 rings (SSSR count). The van der Waals surface area contributed by atoms with Crippen molar-refractivity contribution in [2.45, 2.75) is 45.2 Å². The Hall–Kier alpha value is -2.15. The minimum absolute atomic E-state index is 0.0112. The Balaban J connectivity index is 1.39. The highest BCUT2D eigenvalue weighted by atomic mass is 16.5. The van der Waals surface area contributed by atoms with Gasteiger partial charge in [0.1, 0.15) is 11.5 Å². The van der Waals surface area contributed by atoms with Crippen molar-refractivity contribution in [3.05, 3.63) is 35.7 Å². The first-order chi connectivity index (χ1) is 12.6. The number of carbonyl (C=O) groups excluding carboxylic acids is 1. The number of fused-ring (bicyclic) bond motifs is 1. The third kappa shape index (κ3) is 3.16. The van der Waals surface area contributed by atoms with E-state index in [1.807, 2.05) is 18.0 Å². The van der Waals surface area contributed by atoms with Crippen LogP contribution >= 0.6 is 0 Å². The van der Waals surface area contributed by atoms with Crippen molar-refractivity contribution >= 4 is 5.91 Å². The van der Waals surface area contributed by atoms with Crippen molar-refractivity contribution in [1.29, 1.82) is 0 Å². The largest absolute Gasteiger partial charge is 0.381 e. The smallest absolute Gasteiger partial charge is 0.272 e. The number of hydrogen-bond donors (Lipinski definition) is 0. The average Bonchev–Trinajstić information content (AvgIpc) is 3.19. The quantitative estimate of drug-likeness (QED) is 0.744. The van der Waals surface area contributed by atoms with Crippen molar-refractivity contribution in [3.8, 4) is 0 Å². The Morgan fingerprint density at radius 3 is 2.88 bits per heavy atom. The first-order valence-electron chi connectivity index (χ1n) is 9.56. The molecule has 0 bridgehead atoms. The second-order valence-corrected chi connectivity index (χ2v) is 7.40. The van der Waals surface area contributed by atoms with Gasteiger partial charge in [-0.3, -0.25) is 9.48 Å². The van der Waals surface area contributed by atoms with Gasteiger partial charge in [0.15, 0.2) is 0 Å². The zero-order valence-electron chi connectivity index (χ0n) is 15.6. The lowest BCUT2D eigenvalue weighted by molar-refractivity contribution is 0.0616. The van der Waals surface area contributed by atoms with Crippen molar-refractivity contribution in [1.82, 2.24) is 24.2 Å². The van der Waals surface area contributed by atoms with E-state index in [1.165, 1.54) is 25.0 Å². The maximum atomic E-state index is 12.8. The van der Waals surface area contributed by atoms with Crippen LogP contribution in [0.3, 0.4) is 0 Å². The zero-order valence-corrected chi connectivity index (χ0v) is 15.6. The van der Waals surface area contributed by atoms with E-state index in [2.05, 4.69) is 14.6 Å². The Labute approximate surface area is 154 Å². The van der Waals surface area contributed by atoms with Crippen LogP contribution in [-0.2, 0) is 24.8 Å². The summed E-state index contributed by atoms with van der Waals surface area (Å²) in [6, 6.07) is 1.72. The van der Waals surface area contributed by atoms with Gasteiger partial charge < -0.3 is 14.2 Å². The molecule has 1 aliphatic heterocycles. The molecule has 3 heterocycles. The minimum Gasteiger partial charge on any atom is -0.381 e. The predicted molar refractivity (Wildman–Crippen MR) is 96.8 cm³/mol. The van der Waals surface area contributed by atoms with Gasteiger partial charge in [0.2, 0.25) is 0 Å². The summed E-state index contributed by atoms with van der Waals surface area (Å²) in [4.78, 5) is 19.3. The summed E-state index contributed by atoms with van der Waals surface area (Å²) in [5, 5.41) is 4.10. The van der Waals surface area contributed by atoms with Crippen molar-refractivity contribution in [3.63, 3.8) is 0 Å². The van der Waals surface area contributed by atoms with Crippen LogP contribution in [-0.4, -0.2) is 49.9 Å². The summed E-state index contributed by atoms with van der Waals surface area (Å²) < 4.78 is 9.72. The van der Waals surface area contributed by atoms with Crippen LogP contribution < -0.4 is 0 Å². The Morgan fingerprint density at radius 2 is 2.19 bits per heavy atom. The molecule has 0 saturated heterocycles. The van der Waals surface area contributed by atoms with E-state index in [-0.39, 0.29) is 11.9 Å². The SMILES string of the molecule is CC1c2ncc(CCOCC3CCC3)n2CCN1C(=O)c1ccnn1C. The molecule has 140 valence electrons. The molecular formula is C19H27N5O2. The molecule has 26 heavy (non-hydrogen) atoms. The second kappa shape index (κ2) is 7.23. The molecule has 1 unspecified atom stereocenters. The molecule has 1 aliphatic carbocycles. The van der Waals surface area contributed by atoms with Crippen molar-refractivity contribution in [2.75, 3.05) is 19.8 Å². The van der Waals surface area contributed by atoms with Crippen LogP contribution in [0.15, 0.2) is 18.5 Å². The molecule has 2 aliphatic rings. The summed E-state index contributed by atoms with van der Waals surface area (Å²) in [6.07, 6.45) is 8.47. The molecule has 0 aromatic carbocycles. The molecule has 7 nitrogen and oxygen atoms in total. The number of hydrogen-bond acceptors (Lipinski definition) is 4. The zero-order chi connectivity index (χ0) is 18.1. The van der Waals surface area contributed by atoms with Gasteiger partial charge in [-0.2, -0.15) is 5.10 Å². The molecule has 0 N–H and O–H groups in total. The molecule has 2 aromatic rings. The second-order valence-electron chi connectivity index (χ2n) is 7.40. The molecule has 7 heteroatoms. The maximum Gasteiger partial charge on any atom is 0.272 e. The predicted octanol–water partition coefficient (Wildman–Crippen LogP) is 2.19. The number of amides is 1. The standard InChI is InChI=1S/C19H27N5O2/c1-14-18-20-12-16(7-11-26-13-15-4-3-5-15)24(18)10-9-23(14)19(25)17-6-8-21-22(17)2/h6,8,12,14-15H,3-5,7,9-11,13H2,1-2H3. The fraction of sp³-hybridized carbons (Fsp3) is 0.632. The van der Waals surface area contributed by atoms with Gasteiger partial charge in [0.25, 0.3) is 5.91 Å². The first-order valence-corrected chi connectivity index (χ1v) is 9.56. The van der Waals surface area contributed by atoms with E-state index >= 15 is 0 Å². The fourth-order valence-corrected chi connectivity index (χ4v) is 3.85. The topological polar surface area (TPSA) is 65.2 Å². The van der Waals surface area contributed by atoms with Crippen molar-refractivity contribution in [2.24, 2.45) is 13.0 Å². The van der Waals surface area contributed by atoms with E-state index < -0.39 is 0 Å². The molecule has 1 amide bonds. The van der Waals surface area contributed by atoms with Crippen molar-refractivity contribution < 1.29 is 9.53 Å². The third-order valence-electron chi connectivity index (χ3n) is 5.76. The molecule has 1 fully saturated rings. The van der Waals surface area contributed by atoms with E-state index in [1.54, 1.807) is 24.0 Å². The van der Waals surface area contributed by atoms with E-state index in [4.69, 9.17) is 4.74 Å². The van der Waals surface area contributed by atoms with E-state index in [0.29, 0.717) is 12.2 Å². The molecule has 2 aromatic heterocycles. The third-order valence-corrected chi connectivity index (χ3v) is 5.76. The van der Waals surface area contributed by atoms with E-state index in [0.717, 1.165) is 37.9 Å². The Morgan fingerprint density at radius 1 is 1.35 bits per heavy atom. The maximum absolute atomic E-state index is 12.8. The summed E-state index contributed by atoms with van der Waals surface area (Å²) >= 11 is 0. The number of rotatable bonds is 6. The van der Waals surface area contributed by atoms with Crippen LogP contribution in [0, 0.1) is 5.92 Å².